The van der Waals surface area contributed by atoms with E-state index in [4.69, 9.17) is 0 Å². The highest BCUT2D eigenvalue weighted by atomic mass is 16.3. The molecular weight excluding hydrogens is 200 g/mol. The van der Waals surface area contributed by atoms with Gasteiger partial charge in [-0.25, -0.2) is 0 Å². The molecule has 2 atom stereocenters. The van der Waals surface area contributed by atoms with Gasteiger partial charge in [-0.2, -0.15) is 0 Å². The highest BCUT2D eigenvalue weighted by Crippen LogP contribution is 2.45. The lowest BCUT2D eigenvalue weighted by Crippen LogP contribution is -2.56. The molecule has 0 bridgehead atoms. The van der Waals surface area contributed by atoms with Crippen LogP contribution in [0.4, 0.5) is 0 Å². The molecular formula is C14H20O2. The maximum atomic E-state index is 10.2. The molecule has 0 radical (unpaired) electrons. The Kier molecular flexibility index (Phi) is 2.41. The Balaban J connectivity index is 2.70. The van der Waals surface area contributed by atoms with Gasteiger partial charge in [0, 0.05) is 10.8 Å². The molecule has 1 aliphatic rings. The van der Waals surface area contributed by atoms with Crippen LogP contribution in [0.2, 0.25) is 0 Å². The molecule has 0 saturated carbocycles. The first kappa shape index (κ1) is 11.6. The van der Waals surface area contributed by atoms with Crippen molar-refractivity contribution in [3.63, 3.8) is 0 Å². The van der Waals surface area contributed by atoms with Crippen molar-refractivity contribution < 1.29 is 10.2 Å². The third kappa shape index (κ3) is 1.33. The summed E-state index contributed by atoms with van der Waals surface area (Å²) < 4.78 is 0. The van der Waals surface area contributed by atoms with Crippen LogP contribution in [0, 0.1) is 0 Å². The van der Waals surface area contributed by atoms with Crippen molar-refractivity contribution in [1.29, 1.82) is 0 Å². The van der Waals surface area contributed by atoms with Crippen LogP contribution in [0.15, 0.2) is 24.3 Å². The van der Waals surface area contributed by atoms with E-state index in [1.54, 1.807) is 0 Å². The Hall–Kier alpha value is -0.860. The lowest BCUT2D eigenvalue weighted by atomic mass is 9.60. The molecule has 2 N–H and O–H groups in total. The number of hydrogen-bond donors (Lipinski definition) is 2. The first-order chi connectivity index (χ1) is 7.29. The zero-order valence-corrected chi connectivity index (χ0v) is 10.4. The van der Waals surface area contributed by atoms with Gasteiger partial charge in [-0.15, -0.1) is 0 Å². The van der Waals surface area contributed by atoms with Gasteiger partial charge in [0.05, 0.1) is 12.2 Å². The van der Waals surface area contributed by atoms with Crippen LogP contribution in [0.5, 0.6) is 0 Å². The molecule has 0 heterocycles. The zero-order valence-electron chi connectivity index (χ0n) is 10.4. The molecule has 0 spiro atoms. The van der Waals surface area contributed by atoms with Crippen molar-refractivity contribution in [1.82, 2.24) is 0 Å². The van der Waals surface area contributed by atoms with E-state index in [9.17, 15) is 10.2 Å². The Labute approximate surface area is 96.9 Å². The minimum absolute atomic E-state index is 0.397. The van der Waals surface area contributed by atoms with Crippen LogP contribution in [0.3, 0.4) is 0 Å². The van der Waals surface area contributed by atoms with Crippen LogP contribution in [0.25, 0.3) is 0 Å². The first-order valence-corrected chi connectivity index (χ1v) is 5.75. The first-order valence-electron chi connectivity index (χ1n) is 5.75. The van der Waals surface area contributed by atoms with E-state index in [1.165, 1.54) is 0 Å². The van der Waals surface area contributed by atoms with Crippen LogP contribution < -0.4 is 0 Å². The largest absolute Gasteiger partial charge is 0.389 e. The van der Waals surface area contributed by atoms with Gasteiger partial charge < -0.3 is 10.2 Å². The van der Waals surface area contributed by atoms with Crippen molar-refractivity contribution in [3.8, 4) is 0 Å². The van der Waals surface area contributed by atoms with Crippen LogP contribution in [-0.2, 0) is 10.8 Å². The number of aliphatic hydroxyl groups excluding tert-OH is 2. The summed E-state index contributed by atoms with van der Waals surface area (Å²) in [6, 6.07) is 8.07. The molecule has 88 valence electrons. The van der Waals surface area contributed by atoms with Gasteiger partial charge >= 0.3 is 0 Å². The fourth-order valence-electron chi connectivity index (χ4n) is 2.71. The van der Waals surface area contributed by atoms with Gasteiger partial charge in [-0.05, 0) is 11.1 Å². The van der Waals surface area contributed by atoms with Crippen LogP contribution in [-0.4, -0.2) is 22.4 Å². The minimum atomic E-state index is -0.725. The Morgan fingerprint density at radius 2 is 1.12 bits per heavy atom. The molecule has 1 aromatic rings. The minimum Gasteiger partial charge on any atom is -0.389 e. The molecule has 0 fully saturated rings. The van der Waals surface area contributed by atoms with E-state index in [0.717, 1.165) is 11.1 Å². The third-order valence-electron chi connectivity index (χ3n) is 4.09. The number of hydrogen-bond acceptors (Lipinski definition) is 2. The second kappa shape index (κ2) is 3.31. The van der Waals surface area contributed by atoms with Gasteiger partial charge in [-0.3, -0.25) is 0 Å². The summed E-state index contributed by atoms with van der Waals surface area (Å²) >= 11 is 0. The predicted molar refractivity (Wildman–Crippen MR) is 64.5 cm³/mol. The summed E-state index contributed by atoms with van der Waals surface area (Å²) in [6.45, 7) is 7.92. The second-order valence-corrected chi connectivity index (χ2v) is 5.88. The second-order valence-electron chi connectivity index (χ2n) is 5.88. The molecule has 1 aliphatic carbocycles. The molecule has 0 saturated heterocycles. The van der Waals surface area contributed by atoms with Crippen molar-refractivity contribution in [3.05, 3.63) is 35.4 Å². The Bertz CT molecular complexity index is 368. The fourth-order valence-corrected chi connectivity index (χ4v) is 2.71. The fraction of sp³-hybridized carbons (Fsp3) is 0.571. The van der Waals surface area contributed by atoms with E-state index in [1.807, 2.05) is 52.0 Å². The van der Waals surface area contributed by atoms with Gasteiger partial charge in [0.15, 0.2) is 0 Å². The average molecular weight is 220 g/mol. The predicted octanol–water partition coefficient (Wildman–Crippen LogP) is 1.98. The molecule has 2 rings (SSSR count). The lowest BCUT2D eigenvalue weighted by Gasteiger charge is -2.48. The van der Waals surface area contributed by atoms with Crippen molar-refractivity contribution >= 4 is 0 Å². The maximum Gasteiger partial charge on any atom is 0.0898 e. The quantitative estimate of drug-likeness (QED) is 0.702. The van der Waals surface area contributed by atoms with Gasteiger partial charge in [-0.1, -0.05) is 52.0 Å². The zero-order chi connectivity index (χ0) is 12.1. The van der Waals surface area contributed by atoms with E-state index in [2.05, 4.69) is 0 Å². The van der Waals surface area contributed by atoms with Gasteiger partial charge in [0.1, 0.15) is 0 Å². The molecule has 2 heteroatoms. The van der Waals surface area contributed by atoms with E-state index >= 15 is 0 Å². The maximum absolute atomic E-state index is 10.2. The van der Waals surface area contributed by atoms with Crippen LogP contribution in [0.1, 0.15) is 38.8 Å². The Morgan fingerprint density at radius 3 is 1.44 bits per heavy atom. The summed E-state index contributed by atoms with van der Waals surface area (Å²) in [6.07, 6.45) is -1.45. The molecule has 2 nitrogen and oxygen atoms in total. The van der Waals surface area contributed by atoms with Crippen molar-refractivity contribution in [2.24, 2.45) is 0 Å². The molecule has 0 amide bonds. The lowest BCUT2D eigenvalue weighted by molar-refractivity contribution is -0.0673. The average Bonchev–Trinajstić information content (AvgIpc) is 2.25. The standard InChI is InChI=1S/C14H20O2/c1-13(2)9-7-5-6-8-10(9)14(3,4)12(16)11(13)15/h5-8,11-12,15-16H,1-4H3. The summed E-state index contributed by atoms with van der Waals surface area (Å²) in [5, 5.41) is 20.5. The normalized spacial score (nSPS) is 30.9. The molecule has 16 heavy (non-hydrogen) atoms. The smallest absolute Gasteiger partial charge is 0.0898 e. The molecule has 0 aliphatic heterocycles. The number of fused-ring (bicyclic) bond motifs is 1. The summed E-state index contributed by atoms with van der Waals surface area (Å²) in [5.74, 6) is 0. The highest BCUT2D eigenvalue weighted by Gasteiger charge is 2.49. The van der Waals surface area contributed by atoms with E-state index in [-0.39, 0.29) is 0 Å². The summed E-state index contributed by atoms with van der Waals surface area (Å²) in [7, 11) is 0. The van der Waals surface area contributed by atoms with E-state index in [0.29, 0.717) is 0 Å². The third-order valence-corrected chi connectivity index (χ3v) is 4.09. The topological polar surface area (TPSA) is 40.5 Å². The summed E-state index contributed by atoms with van der Waals surface area (Å²) in [5.41, 5.74) is 1.48. The van der Waals surface area contributed by atoms with Gasteiger partial charge in [0.25, 0.3) is 0 Å². The Morgan fingerprint density at radius 1 is 0.812 bits per heavy atom. The highest BCUT2D eigenvalue weighted by molar-refractivity contribution is 5.44. The van der Waals surface area contributed by atoms with Crippen molar-refractivity contribution in [2.75, 3.05) is 0 Å². The summed E-state index contributed by atoms with van der Waals surface area (Å²) in [4.78, 5) is 0. The molecule has 2 unspecified atom stereocenters. The van der Waals surface area contributed by atoms with E-state index < -0.39 is 23.0 Å². The monoisotopic (exact) mass is 220 g/mol. The molecule has 1 aromatic carbocycles. The number of rotatable bonds is 0. The molecule has 0 aromatic heterocycles. The SMILES string of the molecule is CC1(C)c2ccccc2C(C)(C)C(O)C1O. The van der Waals surface area contributed by atoms with Crippen LogP contribution >= 0.6 is 0 Å². The number of benzene rings is 1. The number of aliphatic hydroxyl groups is 2. The van der Waals surface area contributed by atoms with Gasteiger partial charge in [0.2, 0.25) is 0 Å². The van der Waals surface area contributed by atoms with Crippen molar-refractivity contribution in [2.45, 2.75) is 50.7 Å².